The van der Waals surface area contributed by atoms with Crippen molar-refractivity contribution < 1.29 is 19.3 Å². The van der Waals surface area contributed by atoms with Gasteiger partial charge in [-0.25, -0.2) is 9.69 Å². The van der Waals surface area contributed by atoms with Gasteiger partial charge in [-0.1, -0.05) is 37.4 Å². The van der Waals surface area contributed by atoms with E-state index in [-0.39, 0.29) is 18.6 Å². The SMILES string of the molecule is C[C@@H]1CCCC[C@H]1N1C(=O)C(=O)N(C[NH+]2CCN(c3cccc(Cl)c3)CC2)C1=O. The number of hydrogen-bond acceptors (Lipinski definition) is 4. The lowest BCUT2D eigenvalue weighted by molar-refractivity contribution is -0.907. The standard InChI is InChI=1S/C21H27ClN4O3/c1-15-5-2-3-8-18(15)26-20(28)19(27)25(21(26)29)14-23-9-11-24(12-10-23)17-7-4-6-16(22)13-17/h4,6-7,13,15,18H,2-3,5,8-12,14H2,1H3/p+1/t15-,18-/m1/s1. The molecular weight excluding hydrogens is 392 g/mol. The lowest BCUT2D eigenvalue weighted by Crippen LogP contribution is -3.16. The van der Waals surface area contributed by atoms with Gasteiger partial charge in [-0.15, -0.1) is 0 Å². The van der Waals surface area contributed by atoms with E-state index in [1.165, 1.54) is 4.90 Å². The molecule has 2 aliphatic heterocycles. The number of amides is 4. The molecule has 0 radical (unpaired) electrons. The number of carbonyl (C=O) groups excluding carboxylic acids is 3. The number of piperazine rings is 1. The molecule has 1 saturated carbocycles. The van der Waals surface area contributed by atoms with E-state index in [9.17, 15) is 14.4 Å². The van der Waals surface area contributed by atoms with Crippen LogP contribution in [0.3, 0.4) is 0 Å². The smallest absolute Gasteiger partial charge is 0.338 e. The summed E-state index contributed by atoms with van der Waals surface area (Å²) in [6.07, 6.45) is 3.90. The minimum atomic E-state index is -0.669. The second-order valence-corrected chi connectivity index (χ2v) is 8.83. The fraction of sp³-hybridized carbons (Fsp3) is 0.571. The highest BCUT2D eigenvalue weighted by Gasteiger charge is 2.50. The van der Waals surface area contributed by atoms with Crippen molar-refractivity contribution >= 4 is 35.1 Å². The van der Waals surface area contributed by atoms with Crippen molar-refractivity contribution in [1.82, 2.24) is 9.80 Å². The Hall–Kier alpha value is -2.12. The quantitative estimate of drug-likeness (QED) is 0.591. The predicted octanol–water partition coefficient (Wildman–Crippen LogP) is 1.37. The Labute approximate surface area is 176 Å². The van der Waals surface area contributed by atoms with Crippen LogP contribution in [0, 0.1) is 5.92 Å². The summed E-state index contributed by atoms with van der Waals surface area (Å²) >= 11 is 6.09. The number of anilines is 1. The summed E-state index contributed by atoms with van der Waals surface area (Å²) in [4.78, 5) is 43.8. The van der Waals surface area contributed by atoms with Crippen molar-refractivity contribution in [2.24, 2.45) is 5.92 Å². The number of carbonyl (C=O) groups is 3. The van der Waals surface area contributed by atoms with Crippen molar-refractivity contribution in [3.63, 3.8) is 0 Å². The van der Waals surface area contributed by atoms with Gasteiger partial charge in [0, 0.05) is 16.8 Å². The molecule has 2 heterocycles. The van der Waals surface area contributed by atoms with Crippen molar-refractivity contribution in [3.8, 4) is 0 Å². The average molecular weight is 420 g/mol. The Kier molecular flexibility index (Phi) is 5.79. The van der Waals surface area contributed by atoms with Gasteiger partial charge in [0.05, 0.1) is 26.2 Å². The van der Waals surface area contributed by atoms with E-state index in [2.05, 4.69) is 11.8 Å². The third-order valence-corrected chi connectivity index (χ3v) is 6.74. The van der Waals surface area contributed by atoms with Gasteiger partial charge in [0.1, 0.15) is 0 Å². The number of urea groups is 1. The Bertz CT molecular complexity index is 809. The number of nitrogens with zero attached hydrogens (tertiary/aromatic N) is 3. The molecule has 1 N–H and O–H groups in total. The molecule has 1 aromatic rings. The van der Waals surface area contributed by atoms with Crippen LogP contribution in [0.25, 0.3) is 0 Å². The van der Waals surface area contributed by atoms with Crippen molar-refractivity contribution in [3.05, 3.63) is 29.3 Å². The van der Waals surface area contributed by atoms with Gasteiger partial charge >= 0.3 is 17.8 Å². The van der Waals surface area contributed by atoms with Crippen LogP contribution >= 0.6 is 11.6 Å². The Morgan fingerprint density at radius 3 is 2.48 bits per heavy atom. The van der Waals surface area contributed by atoms with Gasteiger partial charge in [0.2, 0.25) is 0 Å². The third kappa shape index (κ3) is 3.98. The Morgan fingerprint density at radius 2 is 1.79 bits per heavy atom. The van der Waals surface area contributed by atoms with E-state index in [1.54, 1.807) is 0 Å². The molecule has 2 atom stereocenters. The second kappa shape index (κ2) is 8.32. The van der Waals surface area contributed by atoms with E-state index in [0.717, 1.165) is 67.3 Å². The molecule has 2 saturated heterocycles. The summed E-state index contributed by atoms with van der Waals surface area (Å²) < 4.78 is 0. The summed E-state index contributed by atoms with van der Waals surface area (Å²) in [6.45, 7) is 5.52. The third-order valence-electron chi connectivity index (χ3n) is 6.51. The van der Waals surface area contributed by atoms with Crippen molar-refractivity contribution in [1.29, 1.82) is 0 Å². The molecular formula is C21H28ClN4O3+. The number of rotatable bonds is 4. The molecule has 29 heavy (non-hydrogen) atoms. The van der Waals surface area contributed by atoms with E-state index in [1.807, 2.05) is 24.3 Å². The molecule has 0 spiro atoms. The van der Waals surface area contributed by atoms with E-state index < -0.39 is 17.8 Å². The fourth-order valence-electron chi connectivity index (χ4n) is 4.77. The van der Waals surface area contributed by atoms with Gasteiger partial charge < -0.3 is 9.80 Å². The van der Waals surface area contributed by atoms with E-state index in [4.69, 9.17) is 11.6 Å². The molecule has 4 amide bonds. The molecule has 8 heteroatoms. The number of imide groups is 2. The highest BCUT2D eigenvalue weighted by atomic mass is 35.5. The first-order chi connectivity index (χ1) is 14.0. The zero-order chi connectivity index (χ0) is 20.5. The van der Waals surface area contributed by atoms with Crippen LogP contribution in [0.5, 0.6) is 0 Å². The maximum absolute atomic E-state index is 12.9. The van der Waals surface area contributed by atoms with Crippen LogP contribution < -0.4 is 9.80 Å². The molecule has 0 aromatic heterocycles. The van der Waals surface area contributed by atoms with Crippen LogP contribution in [0.15, 0.2) is 24.3 Å². The number of hydrogen-bond donors (Lipinski definition) is 1. The van der Waals surface area contributed by atoms with Gasteiger partial charge in [-0.2, -0.15) is 0 Å². The normalized spacial score (nSPS) is 26.6. The molecule has 7 nitrogen and oxygen atoms in total. The molecule has 156 valence electrons. The maximum atomic E-state index is 12.9. The first-order valence-corrected chi connectivity index (χ1v) is 10.9. The largest absolute Gasteiger partial charge is 0.360 e. The van der Waals surface area contributed by atoms with Crippen LogP contribution in [0.2, 0.25) is 5.02 Å². The van der Waals surface area contributed by atoms with Gasteiger partial charge in [-0.3, -0.25) is 14.5 Å². The van der Waals surface area contributed by atoms with Crippen LogP contribution in [-0.2, 0) is 9.59 Å². The summed E-state index contributed by atoms with van der Waals surface area (Å²) in [7, 11) is 0. The van der Waals surface area contributed by atoms with Crippen LogP contribution in [0.1, 0.15) is 32.6 Å². The number of halogens is 1. The number of quaternary nitrogens is 1. The highest BCUT2D eigenvalue weighted by molar-refractivity contribution is 6.44. The Morgan fingerprint density at radius 1 is 1.07 bits per heavy atom. The predicted molar refractivity (Wildman–Crippen MR) is 110 cm³/mol. The highest BCUT2D eigenvalue weighted by Crippen LogP contribution is 2.31. The Balaban J connectivity index is 1.38. The van der Waals surface area contributed by atoms with Crippen molar-refractivity contribution in [2.45, 2.75) is 38.6 Å². The molecule has 3 fully saturated rings. The lowest BCUT2D eigenvalue weighted by atomic mass is 9.85. The topological polar surface area (TPSA) is 65.4 Å². The van der Waals surface area contributed by atoms with Crippen LogP contribution in [-0.4, -0.2) is 66.5 Å². The summed E-state index contributed by atoms with van der Waals surface area (Å²) in [5, 5.41) is 0.709. The van der Waals surface area contributed by atoms with Crippen LogP contribution in [0.4, 0.5) is 10.5 Å². The maximum Gasteiger partial charge on any atom is 0.338 e. The molecule has 0 bridgehead atoms. The summed E-state index contributed by atoms with van der Waals surface area (Å²) in [5.74, 6) is -1.07. The minimum Gasteiger partial charge on any atom is -0.360 e. The zero-order valence-electron chi connectivity index (χ0n) is 16.8. The first-order valence-electron chi connectivity index (χ1n) is 10.5. The average Bonchev–Trinajstić information content (AvgIpc) is 2.92. The van der Waals surface area contributed by atoms with E-state index >= 15 is 0 Å². The first kappa shape index (κ1) is 20.2. The molecule has 1 aliphatic carbocycles. The summed E-state index contributed by atoms with van der Waals surface area (Å²) in [5.41, 5.74) is 1.08. The number of nitrogens with one attached hydrogen (secondary N) is 1. The number of benzene rings is 1. The zero-order valence-corrected chi connectivity index (χ0v) is 17.5. The van der Waals surface area contributed by atoms with E-state index in [0.29, 0.717) is 5.02 Å². The molecule has 3 aliphatic rings. The van der Waals surface area contributed by atoms with Crippen molar-refractivity contribution in [2.75, 3.05) is 37.7 Å². The molecule has 4 rings (SSSR count). The lowest BCUT2D eigenvalue weighted by Gasteiger charge is -2.35. The minimum absolute atomic E-state index is 0.146. The fourth-order valence-corrected chi connectivity index (χ4v) is 4.95. The monoisotopic (exact) mass is 419 g/mol. The molecule has 1 aromatic carbocycles. The van der Waals surface area contributed by atoms with Gasteiger partial charge in [-0.05, 0) is 37.0 Å². The molecule has 0 unspecified atom stereocenters. The summed E-state index contributed by atoms with van der Waals surface area (Å²) in [6, 6.07) is 7.20. The second-order valence-electron chi connectivity index (χ2n) is 8.40. The van der Waals surface area contributed by atoms with Gasteiger partial charge in [0.15, 0.2) is 6.67 Å². The van der Waals surface area contributed by atoms with Gasteiger partial charge in [0.25, 0.3) is 0 Å².